The Kier molecular flexibility index (Phi) is 6.20. The number of nitrogens with two attached hydrogens (primary N) is 1. The zero-order valence-corrected chi connectivity index (χ0v) is 9.00. The van der Waals surface area contributed by atoms with Crippen LogP contribution in [0.4, 0.5) is 5.69 Å². The largest absolute Gasteiger partial charge is 0.376 e. The molecule has 14 heavy (non-hydrogen) atoms. The summed E-state index contributed by atoms with van der Waals surface area (Å²) in [6, 6.07) is 7.78. The number of hydrogen-bond acceptors (Lipinski definition) is 2. The zero-order valence-electron chi connectivity index (χ0n) is 9.00. The number of aryl methyl sites for hydroxylation is 1. The van der Waals surface area contributed by atoms with E-state index in [0.717, 1.165) is 5.69 Å². The van der Waals surface area contributed by atoms with E-state index in [9.17, 15) is 4.79 Å². The van der Waals surface area contributed by atoms with E-state index in [0.29, 0.717) is 0 Å². The van der Waals surface area contributed by atoms with Crippen LogP contribution in [-0.4, -0.2) is 12.5 Å². The molecule has 0 bridgehead atoms. The third-order valence-electron chi connectivity index (χ3n) is 1.52. The Morgan fingerprint density at radius 1 is 1.29 bits per heavy atom. The topological polar surface area (TPSA) is 55.1 Å². The molecule has 0 aliphatic heterocycles. The third-order valence-corrected chi connectivity index (χ3v) is 1.52. The summed E-state index contributed by atoms with van der Waals surface area (Å²) >= 11 is 0. The van der Waals surface area contributed by atoms with Gasteiger partial charge in [-0.2, -0.15) is 0 Å². The Hall–Kier alpha value is -1.51. The monoisotopic (exact) mass is 194 g/mol. The van der Waals surface area contributed by atoms with E-state index < -0.39 is 0 Å². The van der Waals surface area contributed by atoms with Crippen LogP contribution in [0.5, 0.6) is 0 Å². The number of amides is 1. The van der Waals surface area contributed by atoms with E-state index >= 15 is 0 Å². The first kappa shape index (κ1) is 12.5. The van der Waals surface area contributed by atoms with Crippen LogP contribution in [0.15, 0.2) is 24.3 Å². The van der Waals surface area contributed by atoms with Gasteiger partial charge in [-0.3, -0.25) is 4.79 Å². The quantitative estimate of drug-likeness (QED) is 0.772. The Balaban J connectivity index is 0.000000791. The van der Waals surface area contributed by atoms with Crippen molar-refractivity contribution in [3.8, 4) is 0 Å². The van der Waals surface area contributed by atoms with Crippen LogP contribution in [0.2, 0.25) is 0 Å². The van der Waals surface area contributed by atoms with Crippen molar-refractivity contribution in [1.29, 1.82) is 0 Å². The Morgan fingerprint density at radius 3 is 2.21 bits per heavy atom. The van der Waals surface area contributed by atoms with Gasteiger partial charge in [-0.15, -0.1) is 0 Å². The number of carbonyl (C=O) groups excluding carboxylic acids is 1. The molecule has 0 aliphatic rings. The number of nitrogens with one attached hydrogen (secondary N) is 1. The summed E-state index contributed by atoms with van der Waals surface area (Å²) < 4.78 is 0. The van der Waals surface area contributed by atoms with E-state index in [2.05, 4.69) is 5.32 Å². The lowest BCUT2D eigenvalue weighted by Crippen LogP contribution is -2.21. The lowest BCUT2D eigenvalue weighted by molar-refractivity contribution is -0.116. The molecule has 1 amide bonds. The summed E-state index contributed by atoms with van der Waals surface area (Å²) in [7, 11) is 0. The second kappa shape index (κ2) is 6.95. The van der Waals surface area contributed by atoms with Crippen molar-refractivity contribution in [2.45, 2.75) is 20.8 Å². The van der Waals surface area contributed by atoms with Crippen LogP contribution < -0.4 is 11.1 Å². The average Bonchev–Trinajstić information content (AvgIpc) is 2.20. The van der Waals surface area contributed by atoms with Gasteiger partial charge in [-0.05, 0) is 19.1 Å². The maximum absolute atomic E-state index is 10.4. The fourth-order valence-corrected chi connectivity index (χ4v) is 0.861. The predicted molar refractivity (Wildman–Crippen MR) is 60.2 cm³/mol. The standard InChI is InChI=1S/C9H12N2O.C2H6/c1-7-2-4-8(5-3-7)11-6-9(10)12;1-2/h2-5,11H,6H2,1H3,(H2,10,12);1-2H3. The van der Waals surface area contributed by atoms with Crippen molar-refractivity contribution < 1.29 is 4.79 Å². The first-order valence-corrected chi connectivity index (χ1v) is 4.77. The van der Waals surface area contributed by atoms with E-state index in [1.54, 1.807) is 0 Å². The van der Waals surface area contributed by atoms with Gasteiger partial charge in [0.1, 0.15) is 0 Å². The number of rotatable bonds is 3. The van der Waals surface area contributed by atoms with E-state index in [4.69, 9.17) is 5.73 Å². The van der Waals surface area contributed by atoms with Gasteiger partial charge < -0.3 is 11.1 Å². The molecule has 0 spiro atoms. The maximum atomic E-state index is 10.4. The first-order chi connectivity index (χ1) is 6.68. The molecule has 0 heterocycles. The van der Waals surface area contributed by atoms with Crippen LogP contribution in [0.1, 0.15) is 19.4 Å². The summed E-state index contributed by atoms with van der Waals surface area (Å²) in [6.45, 7) is 6.20. The Bertz CT molecular complexity index is 267. The van der Waals surface area contributed by atoms with E-state index in [1.807, 2.05) is 45.0 Å². The van der Waals surface area contributed by atoms with Gasteiger partial charge in [0.05, 0.1) is 6.54 Å². The first-order valence-electron chi connectivity index (χ1n) is 4.77. The molecule has 0 radical (unpaired) electrons. The highest BCUT2D eigenvalue weighted by Crippen LogP contribution is 2.07. The van der Waals surface area contributed by atoms with Crippen LogP contribution in [0.25, 0.3) is 0 Å². The molecule has 0 saturated heterocycles. The van der Waals surface area contributed by atoms with Gasteiger partial charge in [-0.1, -0.05) is 31.5 Å². The molecular weight excluding hydrogens is 176 g/mol. The van der Waals surface area contributed by atoms with Crippen LogP contribution in [0.3, 0.4) is 0 Å². The van der Waals surface area contributed by atoms with Crippen molar-refractivity contribution in [3.05, 3.63) is 29.8 Å². The molecule has 1 aromatic carbocycles. The van der Waals surface area contributed by atoms with Crippen molar-refractivity contribution in [1.82, 2.24) is 0 Å². The summed E-state index contributed by atoms with van der Waals surface area (Å²) in [5, 5.41) is 2.90. The van der Waals surface area contributed by atoms with E-state index in [-0.39, 0.29) is 12.5 Å². The minimum atomic E-state index is -0.351. The minimum Gasteiger partial charge on any atom is -0.376 e. The molecule has 0 saturated carbocycles. The molecule has 3 nitrogen and oxygen atoms in total. The third kappa shape index (κ3) is 5.19. The summed E-state index contributed by atoms with van der Waals surface area (Å²) in [4.78, 5) is 10.4. The van der Waals surface area contributed by atoms with Crippen LogP contribution in [0, 0.1) is 6.92 Å². The van der Waals surface area contributed by atoms with E-state index in [1.165, 1.54) is 5.56 Å². The smallest absolute Gasteiger partial charge is 0.236 e. The molecule has 3 heteroatoms. The Labute approximate surface area is 85.3 Å². The van der Waals surface area contributed by atoms with Crippen molar-refractivity contribution in [2.75, 3.05) is 11.9 Å². The van der Waals surface area contributed by atoms with Crippen LogP contribution >= 0.6 is 0 Å². The molecule has 0 atom stereocenters. The molecule has 0 aromatic heterocycles. The molecule has 3 N–H and O–H groups in total. The normalized spacial score (nSPS) is 8.50. The average molecular weight is 194 g/mol. The predicted octanol–water partition coefficient (Wildman–Crippen LogP) is 1.92. The van der Waals surface area contributed by atoms with Gasteiger partial charge in [0.15, 0.2) is 0 Å². The number of benzene rings is 1. The molecule has 0 aliphatic carbocycles. The van der Waals surface area contributed by atoms with Gasteiger partial charge in [0.2, 0.25) is 5.91 Å². The van der Waals surface area contributed by atoms with Gasteiger partial charge in [0, 0.05) is 5.69 Å². The second-order valence-corrected chi connectivity index (χ2v) is 2.69. The number of anilines is 1. The molecule has 1 rings (SSSR count). The molecule has 0 unspecified atom stereocenters. The minimum absolute atomic E-state index is 0.184. The van der Waals surface area contributed by atoms with Gasteiger partial charge in [-0.25, -0.2) is 0 Å². The number of hydrogen-bond donors (Lipinski definition) is 2. The Morgan fingerprint density at radius 2 is 1.79 bits per heavy atom. The van der Waals surface area contributed by atoms with Gasteiger partial charge in [0.25, 0.3) is 0 Å². The second-order valence-electron chi connectivity index (χ2n) is 2.69. The lowest BCUT2D eigenvalue weighted by Gasteiger charge is -2.02. The summed E-state index contributed by atoms with van der Waals surface area (Å²) in [5.74, 6) is -0.351. The summed E-state index contributed by atoms with van der Waals surface area (Å²) in [6.07, 6.45) is 0. The lowest BCUT2D eigenvalue weighted by atomic mass is 10.2. The molecular formula is C11H18N2O. The fourth-order valence-electron chi connectivity index (χ4n) is 0.861. The SMILES string of the molecule is CC.Cc1ccc(NCC(N)=O)cc1. The molecule has 1 aromatic rings. The fraction of sp³-hybridized carbons (Fsp3) is 0.364. The molecule has 0 fully saturated rings. The maximum Gasteiger partial charge on any atom is 0.236 e. The highest BCUT2D eigenvalue weighted by atomic mass is 16.1. The van der Waals surface area contributed by atoms with Crippen molar-refractivity contribution in [3.63, 3.8) is 0 Å². The van der Waals surface area contributed by atoms with Crippen molar-refractivity contribution >= 4 is 11.6 Å². The number of primary amides is 1. The number of carbonyl (C=O) groups is 1. The zero-order chi connectivity index (χ0) is 11.0. The summed E-state index contributed by atoms with van der Waals surface area (Å²) in [5.41, 5.74) is 7.08. The van der Waals surface area contributed by atoms with Gasteiger partial charge >= 0.3 is 0 Å². The molecule has 78 valence electrons. The van der Waals surface area contributed by atoms with Crippen LogP contribution in [-0.2, 0) is 4.79 Å². The highest BCUT2D eigenvalue weighted by molar-refractivity contribution is 5.78. The highest BCUT2D eigenvalue weighted by Gasteiger charge is 1.93. The van der Waals surface area contributed by atoms with Crippen molar-refractivity contribution in [2.24, 2.45) is 5.73 Å².